The molecule has 2 aromatic rings. The molecule has 1 saturated heterocycles. The van der Waals surface area contributed by atoms with E-state index < -0.39 is 0 Å². The number of phenolic OH excluding ortho intramolecular Hbond substituents is 1. The number of nitrogens with zero attached hydrogens (tertiary/aromatic N) is 2. The number of hydrogen-bond acceptors (Lipinski definition) is 5. The summed E-state index contributed by atoms with van der Waals surface area (Å²) in [5.41, 5.74) is 1.08. The van der Waals surface area contributed by atoms with Gasteiger partial charge in [-0.1, -0.05) is 6.07 Å². The lowest BCUT2D eigenvalue weighted by atomic mass is 10.2. The van der Waals surface area contributed by atoms with Gasteiger partial charge in [-0.15, -0.1) is 0 Å². The number of phenols is 1. The molecule has 0 radical (unpaired) electrons. The minimum Gasteiger partial charge on any atom is -0.508 e. The number of amides is 1. The van der Waals surface area contributed by atoms with Gasteiger partial charge >= 0.3 is 0 Å². The summed E-state index contributed by atoms with van der Waals surface area (Å²) in [5.74, 6) is 0.323. The fourth-order valence-corrected chi connectivity index (χ4v) is 3.00. The number of piperazine rings is 1. The summed E-state index contributed by atoms with van der Waals surface area (Å²) in [6, 6.07) is 13.1. The summed E-state index contributed by atoms with van der Waals surface area (Å²) in [7, 11) is 0. The normalized spacial score (nSPS) is 14.8. The molecule has 1 amide bonds. The Morgan fingerprint density at radius 2 is 1.85 bits per heavy atom. The molecule has 2 aromatic carbocycles. The van der Waals surface area contributed by atoms with Crippen molar-refractivity contribution < 1.29 is 19.0 Å². The highest BCUT2D eigenvalue weighted by atomic mass is 19.1. The minimum absolute atomic E-state index is 0.0454. The molecule has 0 aromatic heterocycles. The lowest BCUT2D eigenvalue weighted by Crippen LogP contribution is -2.49. The van der Waals surface area contributed by atoms with Crippen LogP contribution in [0, 0.1) is 5.82 Å². The van der Waals surface area contributed by atoms with Crippen LogP contribution in [0.3, 0.4) is 0 Å². The minimum atomic E-state index is -0.344. The molecule has 1 aliphatic heterocycles. The highest BCUT2D eigenvalue weighted by molar-refractivity contribution is 5.78. The predicted molar refractivity (Wildman–Crippen MR) is 102 cm³/mol. The summed E-state index contributed by atoms with van der Waals surface area (Å²) in [5, 5.41) is 12.2. The van der Waals surface area contributed by atoms with Gasteiger partial charge < -0.3 is 20.1 Å². The maximum Gasteiger partial charge on any atom is 0.234 e. The number of halogens is 1. The van der Waals surface area contributed by atoms with Gasteiger partial charge in [-0.2, -0.15) is 0 Å². The van der Waals surface area contributed by atoms with E-state index in [0.717, 1.165) is 31.9 Å². The zero-order chi connectivity index (χ0) is 19.1. The second kappa shape index (κ2) is 9.23. The van der Waals surface area contributed by atoms with Gasteiger partial charge in [-0.25, -0.2) is 4.39 Å². The number of nitrogens with one attached hydrogen (secondary N) is 1. The molecule has 1 heterocycles. The van der Waals surface area contributed by atoms with Crippen LogP contribution in [-0.2, 0) is 4.79 Å². The van der Waals surface area contributed by atoms with Crippen LogP contribution in [0.2, 0.25) is 0 Å². The Bertz CT molecular complexity index is 746. The summed E-state index contributed by atoms with van der Waals surface area (Å²) in [6.45, 7) is 4.29. The molecule has 1 fully saturated rings. The van der Waals surface area contributed by atoms with Crippen molar-refractivity contribution in [3.8, 4) is 11.5 Å². The number of benzene rings is 2. The number of carbonyl (C=O) groups is 1. The van der Waals surface area contributed by atoms with Crippen molar-refractivity contribution in [1.29, 1.82) is 0 Å². The Morgan fingerprint density at radius 3 is 2.56 bits per heavy atom. The van der Waals surface area contributed by atoms with Crippen LogP contribution in [0.5, 0.6) is 11.5 Å². The second-order valence-corrected chi connectivity index (χ2v) is 6.44. The predicted octanol–water partition coefficient (Wildman–Crippen LogP) is 1.85. The molecule has 0 aliphatic carbocycles. The Balaban J connectivity index is 1.33. The highest BCUT2D eigenvalue weighted by Crippen LogP contribution is 2.19. The first-order valence-corrected chi connectivity index (χ1v) is 9.01. The Kier molecular flexibility index (Phi) is 6.49. The van der Waals surface area contributed by atoms with Crippen molar-refractivity contribution in [2.45, 2.75) is 0 Å². The molecular formula is C20H24FN3O3. The largest absolute Gasteiger partial charge is 0.508 e. The zero-order valence-corrected chi connectivity index (χ0v) is 15.1. The van der Waals surface area contributed by atoms with E-state index in [4.69, 9.17) is 4.74 Å². The third kappa shape index (κ3) is 5.86. The van der Waals surface area contributed by atoms with Crippen LogP contribution < -0.4 is 15.0 Å². The lowest BCUT2D eigenvalue weighted by molar-refractivity contribution is -0.122. The van der Waals surface area contributed by atoms with Gasteiger partial charge in [0.2, 0.25) is 5.91 Å². The number of ether oxygens (including phenoxy) is 1. The molecule has 3 rings (SSSR count). The van der Waals surface area contributed by atoms with E-state index in [0.29, 0.717) is 25.4 Å². The van der Waals surface area contributed by atoms with Crippen LogP contribution in [0.4, 0.5) is 10.1 Å². The van der Waals surface area contributed by atoms with Gasteiger partial charge in [0.25, 0.3) is 0 Å². The van der Waals surface area contributed by atoms with E-state index in [1.165, 1.54) is 12.1 Å². The van der Waals surface area contributed by atoms with Gasteiger partial charge in [-0.3, -0.25) is 9.69 Å². The fraction of sp³-hybridized carbons (Fsp3) is 0.350. The number of hydrogen-bond donors (Lipinski definition) is 2. The van der Waals surface area contributed by atoms with Gasteiger partial charge in [0.05, 0.1) is 13.1 Å². The molecule has 27 heavy (non-hydrogen) atoms. The lowest BCUT2D eigenvalue weighted by Gasteiger charge is -2.35. The van der Waals surface area contributed by atoms with Crippen molar-refractivity contribution in [2.75, 3.05) is 50.8 Å². The van der Waals surface area contributed by atoms with E-state index >= 15 is 0 Å². The number of aromatic hydroxyl groups is 1. The van der Waals surface area contributed by atoms with E-state index in [1.54, 1.807) is 24.3 Å². The molecule has 0 atom stereocenters. The van der Waals surface area contributed by atoms with Crippen LogP contribution in [0.25, 0.3) is 0 Å². The maximum absolute atomic E-state index is 13.0. The molecule has 0 saturated carbocycles. The summed E-state index contributed by atoms with van der Waals surface area (Å²) in [6.07, 6.45) is 0. The van der Waals surface area contributed by atoms with Crippen molar-refractivity contribution in [3.05, 3.63) is 54.3 Å². The number of anilines is 1. The van der Waals surface area contributed by atoms with Crippen LogP contribution >= 0.6 is 0 Å². The SMILES string of the molecule is O=C(CN1CCN(c2ccc(O)cc2)CC1)NCCOc1cccc(F)c1. The van der Waals surface area contributed by atoms with E-state index in [-0.39, 0.29) is 17.5 Å². The summed E-state index contributed by atoms with van der Waals surface area (Å²) < 4.78 is 18.5. The van der Waals surface area contributed by atoms with Gasteiger partial charge in [0, 0.05) is 37.9 Å². The van der Waals surface area contributed by atoms with Gasteiger partial charge in [0.1, 0.15) is 23.9 Å². The Hall–Kier alpha value is -2.80. The molecule has 144 valence electrons. The average molecular weight is 373 g/mol. The van der Waals surface area contributed by atoms with E-state index in [2.05, 4.69) is 15.1 Å². The first-order chi connectivity index (χ1) is 13.1. The van der Waals surface area contributed by atoms with Crippen molar-refractivity contribution in [1.82, 2.24) is 10.2 Å². The first-order valence-electron chi connectivity index (χ1n) is 9.01. The third-order valence-electron chi connectivity index (χ3n) is 4.44. The van der Waals surface area contributed by atoms with Crippen LogP contribution in [-0.4, -0.2) is 61.8 Å². The molecule has 2 N–H and O–H groups in total. The second-order valence-electron chi connectivity index (χ2n) is 6.44. The third-order valence-corrected chi connectivity index (χ3v) is 4.44. The molecule has 0 bridgehead atoms. The maximum atomic E-state index is 13.0. The van der Waals surface area contributed by atoms with Gasteiger partial charge in [0.15, 0.2) is 0 Å². The molecular weight excluding hydrogens is 349 g/mol. The summed E-state index contributed by atoms with van der Waals surface area (Å²) in [4.78, 5) is 16.4. The molecule has 0 unspecified atom stereocenters. The Labute approximate surface area is 158 Å². The number of carbonyl (C=O) groups excluding carboxylic acids is 1. The van der Waals surface area contributed by atoms with Crippen molar-refractivity contribution in [2.24, 2.45) is 0 Å². The van der Waals surface area contributed by atoms with Crippen LogP contribution in [0.15, 0.2) is 48.5 Å². The number of rotatable bonds is 7. The first kappa shape index (κ1) is 19.0. The van der Waals surface area contributed by atoms with E-state index in [1.807, 2.05) is 12.1 Å². The molecule has 6 nitrogen and oxygen atoms in total. The highest BCUT2D eigenvalue weighted by Gasteiger charge is 2.19. The van der Waals surface area contributed by atoms with Crippen LogP contribution in [0.1, 0.15) is 0 Å². The quantitative estimate of drug-likeness (QED) is 0.725. The van der Waals surface area contributed by atoms with E-state index in [9.17, 15) is 14.3 Å². The zero-order valence-electron chi connectivity index (χ0n) is 15.1. The standard InChI is InChI=1S/C20H24FN3O3/c21-16-2-1-3-19(14-16)27-13-8-22-20(26)15-23-9-11-24(12-10-23)17-4-6-18(25)7-5-17/h1-7,14,25H,8-13,15H2,(H,22,26). The Morgan fingerprint density at radius 1 is 1.11 bits per heavy atom. The fourth-order valence-electron chi connectivity index (χ4n) is 3.00. The molecule has 0 spiro atoms. The summed E-state index contributed by atoms with van der Waals surface area (Å²) >= 11 is 0. The van der Waals surface area contributed by atoms with Crippen molar-refractivity contribution in [3.63, 3.8) is 0 Å². The molecule has 1 aliphatic rings. The topological polar surface area (TPSA) is 65.0 Å². The smallest absolute Gasteiger partial charge is 0.234 e. The van der Waals surface area contributed by atoms with Gasteiger partial charge in [-0.05, 0) is 36.4 Å². The van der Waals surface area contributed by atoms with Crippen molar-refractivity contribution >= 4 is 11.6 Å². The average Bonchev–Trinajstić information content (AvgIpc) is 2.67. The molecule has 7 heteroatoms. The monoisotopic (exact) mass is 373 g/mol.